The van der Waals surface area contributed by atoms with Crippen molar-refractivity contribution in [3.63, 3.8) is 0 Å². The van der Waals surface area contributed by atoms with Gasteiger partial charge in [-0.05, 0) is 42.3 Å². The van der Waals surface area contributed by atoms with Gasteiger partial charge in [0.1, 0.15) is 5.82 Å². The van der Waals surface area contributed by atoms with Gasteiger partial charge in [0.05, 0.1) is 0 Å². The number of carbonyl (C=O) groups is 2. The van der Waals surface area contributed by atoms with E-state index in [1.54, 1.807) is 24.3 Å². The molecule has 0 aliphatic heterocycles. The quantitative estimate of drug-likeness (QED) is 0.845. The van der Waals surface area contributed by atoms with E-state index in [-0.39, 0.29) is 5.91 Å². The number of nitrogens with zero attached hydrogens (tertiary/aromatic N) is 1. The summed E-state index contributed by atoms with van der Waals surface area (Å²) in [7, 11) is 0. The Hall–Kier alpha value is -2.95. The number of amides is 1. The van der Waals surface area contributed by atoms with E-state index in [0.717, 1.165) is 11.6 Å². The second kappa shape index (κ2) is 6.47. The Labute approximate surface area is 122 Å². The molecule has 0 unspecified atom stereocenters. The van der Waals surface area contributed by atoms with Crippen molar-refractivity contribution < 1.29 is 14.7 Å². The first-order valence-corrected chi connectivity index (χ1v) is 6.30. The molecule has 0 aliphatic rings. The van der Waals surface area contributed by atoms with Gasteiger partial charge in [-0.25, -0.2) is 9.78 Å². The Balaban J connectivity index is 2.17. The van der Waals surface area contributed by atoms with Gasteiger partial charge in [-0.2, -0.15) is 0 Å². The summed E-state index contributed by atoms with van der Waals surface area (Å²) in [6, 6.07) is 10.5. The van der Waals surface area contributed by atoms with E-state index in [2.05, 4.69) is 10.3 Å². The minimum Gasteiger partial charge on any atom is -0.478 e. The maximum atomic E-state index is 12.1. The largest absolute Gasteiger partial charge is 0.478 e. The monoisotopic (exact) mass is 282 g/mol. The van der Waals surface area contributed by atoms with E-state index >= 15 is 0 Å². The highest BCUT2D eigenvalue weighted by molar-refractivity contribution is 6.04. The lowest BCUT2D eigenvalue weighted by Crippen LogP contribution is -2.14. The molecule has 5 heteroatoms. The number of hydrogen-bond acceptors (Lipinski definition) is 3. The lowest BCUT2D eigenvalue weighted by molar-refractivity contribution is -0.131. The Bertz CT molecular complexity index is 708. The number of benzene rings is 1. The number of pyridine rings is 1. The minimum atomic E-state index is -1.03. The molecule has 2 aromatic rings. The van der Waals surface area contributed by atoms with Gasteiger partial charge in [-0.3, -0.25) is 4.79 Å². The summed E-state index contributed by atoms with van der Waals surface area (Å²) in [6.07, 6.45) is 3.98. The van der Waals surface area contributed by atoms with Crippen LogP contribution in [0.15, 0.2) is 48.7 Å². The molecule has 0 aliphatic carbocycles. The zero-order chi connectivity index (χ0) is 15.2. The number of rotatable bonds is 4. The zero-order valence-electron chi connectivity index (χ0n) is 11.4. The van der Waals surface area contributed by atoms with E-state index in [1.165, 1.54) is 12.3 Å². The van der Waals surface area contributed by atoms with Gasteiger partial charge in [0.2, 0.25) is 0 Å². The van der Waals surface area contributed by atoms with Gasteiger partial charge in [0.15, 0.2) is 0 Å². The summed E-state index contributed by atoms with van der Waals surface area (Å²) in [5, 5.41) is 11.3. The molecule has 2 rings (SSSR count). The smallest absolute Gasteiger partial charge is 0.328 e. The Morgan fingerprint density at radius 3 is 2.71 bits per heavy atom. The van der Waals surface area contributed by atoms with Crippen LogP contribution in [0.2, 0.25) is 0 Å². The van der Waals surface area contributed by atoms with Crippen LogP contribution in [-0.2, 0) is 4.79 Å². The molecule has 0 bridgehead atoms. The number of nitrogens with one attached hydrogen (secondary N) is 1. The van der Waals surface area contributed by atoms with Crippen molar-refractivity contribution in [3.05, 3.63) is 65.4 Å². The predicted octanol–water partition coefficient (Wildman–Crippen LogP) is 2.74. The molecule has 0 saturated heterocycles. The number of aromatic nitrogens is 1. The van der Waals surface area contributed by atoms with Gasteiger partial charge in [0.25, 0.3) is 5.91 Å². The third-order valence-corrected chi connectivity index (χ3v) is 2.83. The van der Waals surface area contributed by atoms with Crippen LogP contribution < -0.4 is 5.32 Å². The van der Waals surface area contributed by atoms with Gasteiger partial charge in [0, 0.05) is 17.8 Å². The summed E-state index contributed by atoms with van der Waals surface area (Å²) in [5.41, 5.74) is 2.09. The van der Waals surface area contributed by atoms with Crippen LogP contribution in [0, 0.1) is 6.92 Å². The summed E-state index contributed by atoms with van der Waals surface area (Å²) in [5.74, 6) is -0.909. The van der Waals surface area contributed by atoms with Crippen LogP contribution in [-0.4, -0.2) is 22.0 Å². The van der Waals surface area contributed by atoms with Crippen molar-refractivity contribution in [2.45, 2.75) is 6.92 Å². The molecule has 0 spiro atoms. The van der Waals surface area contributed by atoms with Crippen molar-refractivity contribution >= 4 is 23.8 Å². The number of aliphatic carboxylic acids is 1. The Morgan fingerprint density at radius 2 is 2.00 bits per heavy atom. The van der Waals surface area contributed by atoms with Crippen LogP contribution in [0.25, 0.3) is 6.08 Å². The fourth-order valence-electron chi connectivity index (χ4n) is 1.80. The molecular formula is C16H14N2O3. The fourth-order valence-corrected chi connectivity index (χ4v) is 1.80. The molecule has 0 atom stereocenters. The highest BCUT2D eigenvalue weighted by atomic mass is 16.4. The third kappa shape index (κ3) is 4.01. The van der Waals surface area contributed by atoms with Crippen LogP contribution in [0.4, 0.5) is 5.82 Å². The van der Waals surface area contributed by atoms with Crippen LogP contribution in [0.3, 0.4) is 0 Å². The lowest BCUT2D eigenvalue weighted by atomic mass is 10.1. The molecule has 106 valence electrons. The number of carboxylic acid groups (broad SMARTS) is 1. The number of carboxylic acids is 1. The summed E-state index contributed by atoms with van der Waals surface area (Å²) in [4.78, 5) is 26.7. The summed E-state index contributed by atoms with van der Waals surface area (Å²) >= 11 is 0. The second-order valence-electron chi connectivity index (χ2n) is 4.42. The summed E-state index contributed by atoms with van der Waals surface area (Å²) < 4.78 is 0. The highest BCUT2D eigenvalue weighted by Crippen LogP contribution is 2.12. The van der Waals surface area contributed by atoms with E-state index in [1.807, 2.05) is 19.1 Å². The SMILES string of the molecule is Cc1ccccc1C(=O)Nc1cc(/C=C/C(=O)O)ccn1. The number of anilines is 1. The maximum absolute atomic E-state index is 12.1. The standard InChI is InChI=1S/C16H14N2O3/c1-11-4-2-3-5-13(11)16(21)18-14-10-12(8-9-17-14)6-7-15(19)20/h2-10H,1H3,(H,19,20)(H,17,18,21)/b7-6+. The minimum absolute atomic E-state index is 0.250. The van der Waals surface area contributed by atoms with Gasteiger partial charge >= 0.3 is 5.97 Å². The first-order valence-electron chi connectivity index (χ1n) is 6.30. The molecule has 5 nitrogen and oxygen atoms in total. The molecule has 2 N–H and O–H groups in total. The molecule has 0 saturated carbocycles. The van der Waals surface area contributed by atoms with Crippen molar-refractivity contribution in [1.82, 2.24) is 4.98 Å². The van der Waals surface area contributed by atoms with Crippen LogP contribution >= 0.6 is 0 Å². The Morgan fingerprint density at radius 1 is 1.24 bits per heavy atom. The molecule has 1 aromatic heterocycles. The van der Waals surface area contributed by atoms with E-state index in [9.17, 15) is 9.59 Å². The molecule has 1 aromatic carbocycles. The topological polar surface area (TPSA) is 79.3 Å². The second-order valence-corrected chi connectivity index (χ2v) is 4.42. The highest BCUT2D eigenvalue weighted by Gasteiger charge is 2.09. The van der Waals surface area contributed by atoms with Crippen molar-refractivity contribution in [2.75, 3.05) is 5.32 Å². The van der Waals surface area contributed by atoms with Crippen LogP contribution in [0.1, 0.15) is 21.5 Å². The van der Waals surface area contributed by atoms with Crippen molar-refractivity contribution in [3.8, 4) is 0 Å². The van der Waals surface area contributed by atoms with Gasteiger partial charge in [-0.15, -0.1) is 0 Å². The van der Waals surface area contributed by atoms with E-state index in [4.69, 9.17) is 5.11 Å². The normalized spacial score (nSPS) is 10.5. The number of hydrogen-bond donors (Lipinski definition) is 2. The maximum Gasteiger partial charge on any atom is 0.328 e. The van der Waals surface area contributed by atoms with Gasteiger partial charge in [-0.1, -0.05) is 18.2 Å². The van der Waals surface area contributed by atoms with Crippen molar-refractivity contribution in [1.29, 1.82) is 0 Å². The fraction of sp³-hybridized carbons (Fsp3) is 0.0625. The summed E-state index contributed by atoms with van der Waals surface area (Å²) in [6.45, 7) is 1.86. The number of aryl methyl sites for hydroxylation is 1. The van der Waals surface area contributed by atoms with E-state index in [0.29, 0.717) is 16.9 Å². The molecule has 0 radical (unpaired) electrons. The molecule has 0 fully saturated rings. The van der Waals surface area contributed by atoms with E-state index < -0.39 is 5.97 Å². The average molecular weight is 282 g/mol. The average Bonchev–Trinajstić information content (AvgIpc) is 2.46. The van der Waals surface area contributed by atoms with Gasteiger partial charge < -0.3 is 10.4 Å². The Kier molecular flexibility index (Phi) is 4.46. The van der Waals surface area contributed by atoms with Crippen LogP contribution in [0.5, 0.6) is 0 Å². The number of carbonyl (C=O) groups excluding carboxylic acids is 1. The first-order chi connectivity index (χ1) is 10.1. The van der Waals surface area contributed by atoms with Crippen molar-refractivity contribution in [2.24, 2.45) is 0 Å². The molecular weight excluding hydrogens is 268 g/mol. The molecule has 1 heterocycles. The third-order valence-electron chi connectivity index (χ3n) is 2.83. The predicted molar refractivity (Wildman–Crippen MR) is 80.0 cm³/mol. The molecule has 1 amide bonds. The molecule has 21 heavy (non-hydrogen) atoms. The first kappa shape index (κ1) is 14.5. The zero-order valence-corrected chi connectivity index (χ0v) is 11.4. The lowest BCUT2D eigenvalue weighted by Gasteiger charge is -2.07.